The van der Waals surface area contributed by atoms with Gasteiger partial charge in [-0.15, -0.1) is 0 Å². The summed E-state index contributed by atoms with van der Waals surface area (Å²) in [5, 5.41) is 32.6. The van der Waals surface area contributed by atoms with Crippen molar-refractivity contribution in [3.63, 3.8) is 0 Å². The minimum atomic E-state index is -0.921. The zero-order valence-corrected chi connectivity index (χ0v) is 26.8. The van der Waals surface area contributed by atoms with Gasteiger partial charge in [0.05, 0.1) is 24.9 Å². The van der Waals surface area contributed by atoms with Gasteiger partial charge < -0.3 is 20.2 Å². The Labute approximate surface area is 278 Å². The van der Waals surface area contributed by atoms with Crippen LogP contribution in [0.5, 0.6) is 0 Å². The van der Waals surface area contributed by atoms with E-state index in [1.165, 1.54) is 0 Å². The molecule has 0 spiro atoms. The molecule has 0 atom stereocenters. The van der Waals surface area contributed by atoms with Crippen molar-refractivity contribution in [2.75, 3.05) is 11.4 Å². The molecule has 0 saturated heterocycles. The van der Waals surface area contributed by atoms with Crippen LogP contribution >= 0.6 is 0 Å². The number of anilines is 1. The summed E-state index contributed by atoms with van der Waals surface area (Å²) >= 11 is 0. The second-order valence-electron chi connectivity index (χ2n) is 12.3. The minimum absolute atomic E-state index is 0.0330. The Morgan fingerprint density at radius 2 is 1.50 bits per heavy atom. The van der Waals surface area contributed by atoms with Crippen LogP contribution in [0.25, 0.3) is 38.7 Å². The Morgan fingerprint density at radius 1 is 0.812 bits per heavy atom. The smallest absolute Gasteiger partial charge is 0.307 e. The molecular weight excluding hydrogens is 606 g/mol. The van der Waals surface area contributed by atoms with Gasteiger partial charge in [0.1, 0.15) is 13.1 Å². The number of carbonyl (C=O) groups is 3. The summed E-state index contributed by atoms with van der Waals surface area (Å²) < 4.78 is 3.81. The molecule has 1 aliphatic rings. The van der Waals surface area contributed by atoms with Crippen LogP contribution in [0.15, 0.2) is 90.7 Å². The number of hydrogen-bond acceptors (Lipinski definition) is 4. The molecule has 9 heteroatoms. The van der Waals surface area contributed by atoms with Gasteiger partial charge in [0, 0.05) is 39.9 Å². The van der Waals surface area contributed by atoms with Gasteiger partial charge in [0.25, 0.3) is 5.82 Å². The number of aliphatic carboxylic acids is 3. The summed E-state index contributed by atoms with van der Waals surface area (Å²) in [6.45, 7) is 5.06. The fourth-order valence-corrected chi connectivity index (χ4v) is 6.95. The third-order valence-electron chi connectivity index (χ3n) is 8.97. The van der Waals surface area contributed by atoms with Gasteiger partial charge >= 0.3 is 17.9 Å². The summed E-state index contributed by atoms with van der Waals surface area (Å²) in [4.78, 5) is 36.9. The van der Waals surface area contributed by atoms with E-state index in [1.807, 2.05) is 82.0 Å². The van der Waals surface area contributed by atoms with Crippen LogP contribution in [0.1, 0.15) is 44.5 Å². The summed E-state index contributed by atoms with van der Waals surface area (Å²) in [5.41, 5.74) is 4.25. The van der Waals surface area contributed by atoms with Crippen molar-refractivity contribution in [2.45, 2.75) is 51.6 Å². The van der Waals surface area contributed by atoms with E-state index in [4.69, 9.17) is 0 Å². The topological polar surface area (TPSA) is 124 Å². The minimum Gasteiger partial charge on any atom is -0.481 e. The lowest BCUT2D eigenvalue weighted by Crippen LogP contribution is -2.37. The third kappa shape index (κ3) is 5.89. The second-order valence-corrected chi connectivity index (χ2v) is 12.3. The maximum Gasteiger partial charge on any atom is 0.307 e. The Kier molecular flexibility index (Phi) is 8.74. The first kappa shape index (κ1) is 32.1. The van der Waals surface area contributed by atoms with Crippen molar-refractivity contribution >= 4 is 62.2 Å². The molecule has 0 amide bonds. The predicted octanol–water partition coefficient (Wildman–Crippen LogP) is 6.51. The van der Waals surface area contributed by atoms with Crippen LogP contribution in [0.3, 0.4) is 0 Å². The number of rotatable bonds is 12. The number of aryl methyl sites for hydroxylation is 2. The van der Waals surface area contributed by atoms with Crippen LogP contribution in [0.2, 0.25) is 0 Å². The van der Waals surface area contributed by atoms with E-state index in [0.29, 0.717) is 12.4 Å². The molecule has 0 radical (unpaired) electrons. The van der Waals surface area contributed by atoms with Crippen molar-refractivity contribution < 1.29 is 34.3 Å². The van der Waals surface area contributed by atoms with E-state index in [0.717, 1.165) is 49.5 Å². The number of imidazole rings is 1. The van der Waals surface area contributed by atoms with Crippen LogP contribution < -0.4 is 9.47 Å². The largest absolute Gasteiger partial charge is 0.481 e. The summed E-state index contributed by atoms with van der Waals surface area (Å²) in [6.07, 6.45) is 9.33. The molecule has 9 nitrogen and oxygen atoms in total. The van der Waals surface area contributed by atoms with Crippen molar-refractivity contribution in [2.24, 2.45) is 0 Å². The molecule has 0 aliphatic carbocycles. The Balaban J connectivity index is 1.42. The zero-order valence-electron chi connectivity index (χ0n) is 26.8. The number of aromatic nitrogens is 2. The lowest BCUT2D eigenvalue weighted by molar-refractivity contribution is -0.673. The van der Waals surface area contributed by atoms with E-state index in [1.54, 1.807) is 0 Å². The third-order valence-corrected chi connectivity index (χ3v) is 8.97. The molecule has 1 aliphatic heterocycles. The molecule has 0 unspecified atom stereocenters. The van der Waals surface area contributed by atoms with Crippen molar-refractivity contribution in [1.82, 2.24) is 4.57 Å². The van der Waals surface area contributed by atoms with Gasteiger partial charge in [-0.05, 0) is 41.3 Å². The number of carboxylic acid groups (broad SMARTS) is 3. The second kappa shape index (κ2) is 13.1. The maximum absolute atomic E-state index is 11.8. The fourth-order valence-electron chi connectivity index (χ4n) is 6.95. The van der Waals surface area contributed by atoms with Gasteiger partial charge in [0.2, 0.25) is 0 Å². The molecule has 0 bridgehead atoms. The lowest BCUT2D eigenvalue weighted by atomic mass is 9.80. The van der Waals surface area contributed by atoms with Crippen LogP contribution in [-0.2, 0) is 32.9 Å². The highest BCUT2D eigenvalue weighted by Crippen LogP contribution is 2.54. The Bertz CT molecular complexity index is 2120. The molecule has 6 rings (SSSR count). The molecular formula is C39H36N3O6+. The predicted molar refractivity (Wildman–Crippen MR) is 185 cm³/mol. The SMILES string of the molecule is CC1(C)C(=CC=CC=Cc2n(CCC(=O)O)c3ccccc3[n+]2CCC(=O)O)N(CCC(=O)O)c2c1c1ccc#cc1c1ccccc21. The van der Waals surface area contributed by atoms with E-state index >= 15 is 0 Å². The van der Waals surface area contributed by atoms with Crippen molar-refractivity contribution in [3.8, 4) is 0 Å². The Morgan fingerprint density at radius 3 is 2.25 bits per heavy atom. The highest BCUT2D eigenvalue weighted by atomic mass is 16.4. The summed E-state index contributed by atoms with van der Waals surface area (Å²) in [5.74, 6) is -2.02. The molecule has 242 valence electrons. The maximum atomic E-state index is 11.8. The zero-order chi connectivity index (χ0) is 34.0. The van der Waals surface area contributed by atoms with Gasteiger partial charge in [-0.3, -0.25) is 14.4 Å². The number of hydrogen-bond donors (Lipinski definition) is 3. The normalized spacial score (nSPS) is 14.9. The number of carboxylic acids is 3. The highest BCUT2D eigenvalue weighted by molar-refractivity contribution is 6.16. The first-order valence-corrected chi connectivity index (χ1v) is 15.9. The van der Waals surface area contributed by atoms with Crippen LogP contribution in [-0.4, -0.2) is 44.3 Å². The van der Waals surface area contributed by atoms with Gasteiger partial charge in [-0.1, -0.05) is 80.6 Å². The molecule has 4 aromatic carbocycles. The number of allylic oxidation sites excluding steroid dienone is 5. The number of benzene rings is 3. The van der Waals surface area contributed by atoms with E-state index in [9.17, 15) is 29.7 Å². The number of para-hydroxylation sites is 2. The highest BCUT2D eigenvalue weighted by Gasteiger charge is 2.42. The van der Waals surface area contributed by atoms with Gasteiger partial charge in [-0.2, -0.15) is 0 Å². The fraction of sp³-hybridized carbons (Fsp3) is 0.231. The van der Waals surface area contributed by atoms with Crippen molar-refractivity contribution in [3.05, 3.63) is 114 Å². The van der Waals surface area contributed by atoms with Gasteiger partial charge in [0.15, 0.2) is 11.0 Å². The van der Waals surface area contributed by atoms with Crippen LogP contribution in [0.4, 0.5) is 5.69 Å². The first-order chi connectivity index (χ1) is 23.1. The summed E-state index contributed by atoms with van der Waals surface area (Å²) in [6, 6.07) is 26.0. The Hall–Kier alpha value is -5.88. The molecule has 2 heterocycles. The van der Waals surface area contributed by atoms with E-state index in [-0.39, 0.29) is 32.4 Å². The van der Waals surface area contributed by atoms with E-state index < -0.39 is 23.3 Å². The van der Waals surface area contributed by atoms with Crippen LogP contribution in [0, 0.1) is 12.1 Å². The molecule has 1 aromatic heterocycles. The molecule has 0 fully saturated rings. The van der Waals surface area contributed by atoms with Crippen molar-refractivity contribution in [1.29, 1.82) is 0 Å². The number of nitrogens with zero attached hydrogens (tertiary/aromatic N) is 3. The standard InChI is InChI=1S/C39H35N3O6/c1-39(2)32(42(25-22-36(47)48)38-29-15-9-7-13-27(29)26-12-6-8-14-28(26)37(38)39)18-4-3-5-19-33-40(23-20-34(43)44)30-16-10-11-17-31(30)41(33)24-21-35(45)46/h3-5,7-11,13-19H,20-25H2,1-2H3,(H2-,43,44,45,46,47,48)/p+1. The van der Waals surface area contributed by atoms with E-state index in [2.05, 4.69) is 49.1 Å². The monoisotopic (exact) mass is 642 g/mol. The first-order valence-electron chi connectivity index (χ1n) is 15.9. The summed E-state index contributed by atoms with van der Waals surface area (Å²) in [7, 11) is 0. The number of fused-ring (bicyclic) bond motifs is 7. The lowest BCUT2D eigenvalue weighted by Gasteiger charge is -2.26. The molecule has 48 heavy (non-hydrogen) atoms. The quantitative estimate of drug-likeness (QED) is 0.105. The molecule has 0 saturated carbocycles. The average Bonchev–Trinajstić information content (AvgIpc) is 3.48. The molecule has 3 N–H and O–H groups in total. The average molecular weight is 643 g/mol. The molecule has 5 aromatic rings. The van der Waals surface area contributed by atoms with Gasteiger partial charge in [-0.25, -0.2) is 9.13 Å².